The highest BCUT2D eigenvalue weighted by Gasteiger charge is 2.21. The third-order valence-corrected chi connectivity index (χ3v) is 6.01. The van der Waals surface area contributed by atoms with E-state index in [0.717, 1.165) is 24.8 Å². The molecule has 0 saturated heterocycles. The van der Waals surface area contributed by atoms with Gasteiger partial charge in [-0.3, -0.25) is 4.79 Å². The first-order valence-electron chi connectivity index (χ1n) is 9.51. The molecule has 4 rings (SSSR count). The highest BCUT2D eigenvalue weighted by Crippen LogP contribution is 2.30. The minimum atomic E-state index is -0.0161. The van der Waals surface area contributed by atoms with Crippen LogP contribution in [-0.2, 0) is 11.2 Å². The average Bonchev–Trinajstić information content (AvgIpc) is 3.18. The van der Waals surface area contributed by atoms with Crippen LogP contribution in [0.4, 0.5) is 0 Å². The van der Waals surface area contributed by atoms with Crippen LogP contribution in [0.25, 0.3) is 11.5 Å². The second kappa shape index (κ2) is 8.19. The number of aromatic nitrogens is 2. The Labute approximate surface area is 168 Å². The van der Waals surface area contributed by atoms with Gasteiger partial charge in [-0.05, 0) is 67.5 Å². The van der Waals surface area contributed by atoms with Gasteiger partial charge in [-0.2, -0.15) is 0 Å². The monoisotopic (exact) mass is 393 g/mol. The fraction of sp³-hybridized carbons (Fsp3) is 0.318. The van der Waals surface area contributed by atoms with Crippen LogP contribution in [0.1, 0.15) is 41.1 Å². The van der Waals surface area contributed by atoms with Gasteiger partial charge in [-0.1, -0.05) is 42.1 Å². The van der Waals surface area contributed by atoms with Crippen molar-refractivity contribution in [1.82, 2.24) is 15.5 Å². The molecule has 1 aliphatic carbocycles. The summed E-state index contributed by atoms with van der Waals surface area (Å²) in [7, 11) is 0. The molecule has 144 valence electrons. The number of carbonyl (C=O) groups is 1. The number of aryl methyl sites for hydroxylation is 3. The quantitative estimate of drug-likeness (QED) is 0.640. The Bertz CT molecular complexity index is 999. The molecule has 28 heavy (non-hydrogen) atoms. The van der Waals surface area contributed by atoms with E-state index in [1.165, 1.54) is 34.0 Å². The van der Waals surface area contributed by atoms with Crippen molar-refractivity contribution < 1.29 is 9.21 Å². The molecule has 1 heterocycles. The van der Waals surface area contributed by atoms with Crippen molar-refractivity contribution in [2.75, 3.05) is 5.75 Å². The number of nitrogens with one attached hydrogen (secondary N) is 1. The molecule has 0 fully saturated rings. The van der Waals surface area contributed by atoms with Crippen molar-refractivity contribution in [3.8, 4) is 11.5 Å². The fourth-order valence-corrected chi connectivity index (χ4v) is 4.10. The number of hydrogen-bond acceptors (Lipinski definition) is 5. The molecule has 0 unspecified atom stereocenters. The smallest absolute Gasteiger partial charge is 0.277 e. The minimum Gasteiger partial charge on any atom is -0.411 e. The third kappa shape index (κ3) is 4.12. The van der Waals surface area contributed by atoms with Crippen LogP contribution in [0.2, 0.25) is 0 Å². The lowest BCUT2D eigenvalue weighted by Crippen LogP contribution is -2.32. The predicted molar refractivity (Wildman–Crippen MR) is 110 cm³/mol. The molecule has 0 aliphatic heterocycles. The Kier molecular flexibility index (Phi) is 5.48. The molecular weight excluding hydrogens is 370 g/mol. The summed E-state index contributed by atoms with van der Waals surface area (Å²) in [5, 5.41) is 11.7. The van der Waals surface area contributed by atoms with Crippen molar-refractivity contribution in [1.29, 1.82) is 0 Å². The lowest BCUT2D eigenvalue weighted by molar-refractivity contribution is -0.119. The van der Waals surface area contributed by atoms with Crippen molar-refractivity contribution in [3.05, 3.63) is 64.7 Å². The summed E-state index contributed by atoms with van der Waals surface area (Å²) in [6.07, 6.45) is 3.16. The Hall–Kier alpha value is -2.60. The van der Waals surface area contributed by atoms with Crippen LogP contribution in [0.15, 0.2) is 52.1 Å². The standard InChI is InChI=1S/C22H23N3O2S/c1-14-10-11-17(12-15(14)2)21-24-25-22(27-21)28-13-20(26)23-19-9-5-7-16-6-3-4-8-18(16)19/h3-4,6,8,10-12,19H,5,7,9,13H2,1-2H3,(H,23,26)/t19-/m0/s1. The Morgan fingerprint density at radius 2 is 2.04 bits per heavy atom. The fourth-order valence-electron chi connectivity index (χ4n) is 3.53. The molecule has 0 saturated carbocycles. The highest BCUT2D eigenvalue weighted by atomic mass is 32.2. The molecule has 5 nitrogen and oxygen atoms in total. The topological polar surface area (TPSA) is 68.0 Å². The summed E-state index contributed by atoms with van der Waals surface area (Å²) in [6, 6.07) is 14.5. The third-order valence-electron chi connectivity index (χ3n) is 5.19. The molecule has 0 spiro atoms. The minimum absolute atomic E-state index is 0.0161. The van der Waals surface area contributed by atoms with Gasteiger partial charge in [0.2, 0.25) is 11.8 Å². The molecular formula is C22H23N3O2S. The van der Waals surface area contributed by atoms with Crippen LogP contribution in [0.3, 0.4) is 0 Å². The second-order valence-corrected chi connectivity index (χ2v) is 8.10. The van der Waals surface area contributed by atoms with Crippen molar-refractivity contribution >= 4 is 17.7 Å². The number of amides is 1. The van der Waals surface area contributed by atoms with Crippen LogP contribution < -0.4 is 5.32 Å². The summed E-state index contributed by atoms with van der Waals surface area (Å²) < 4.78 is 5.72. The SMILES string of the molecule is Cc1ccc(-c2nnc(SCC(=O)N[C@H]3CCCc4ccccc43)o2)cc1C. The van der Waals surface area contributed by atoms with E-state index in [4.69, 9.17) is 4.42 Å². The van der Waals surface area contributed by atoms with Gasteiger partial charge in [-0.15, -0.1) is 10.2 Å². The molecule has 3 aromatic rings. The first kappa shape index (κ1) is 18.7. The van der Waals surface area contributed by atoms with E-state index in [9.17, 15) is 4.79 Å². The Balaban J connectivity index is 1.36. The number of carbonyl (C=O) groups excluding carboxylic acids is 1. The summed E-state index contributed by atoms with van der Waals surface area (Å²) >= 11 is 1.27. The van der Waals surface area contributed by atoms with Gasteiger partial charge in [0.1, 0.15) is 0 Å². The molecule has 0 bridgehead atoms. The molecule has 0 radical (unpaired) electrons. The van der Waals surface area contributed by atoms with Gasteiger partial charge in [0.15, 0.2) is 0 Å². The largest absolute Gasteiger partial charge is 0.411 e. The molecule has 1 aliphatic rings. The number of benzene rings is 2. The average molecular weight is 394 g/mol. The number of thioether (sulfide) groups is 1. The Morgan fingerprint density at radius 3 is 2.89 bits per heavy atom. The molecule has 1 atom stereocenters. The zero-order valence-corrected chi connectivity index (χ0v) is 16.9. The van der Waals surface area contributed by atoms with Gasteiger partial charge in [-0.25, -0.2) is 0 Å². The number of rotatable bonds is 5. The van der Waals surface area contributed by atoms with E-state index in [-0.39, 0.29) is 17.7 Å². The molecule has 1 N–H and O–H groups in total. The maximum Gasteiger partial charge on any atom is 0.277 e. The van der Waals surface area contributed by atoms with Crippen molar-refractivity contribution in [2.24, 2.45) is 0 Å². The maximum absolute atomic E-state index is 12.4. The van der Waals surface area contributed by atoms with Gasteiger partial charge in [0, 0.05) is 5.56 Å². The summed E-state index contributed by atoms with van der Waals surface area (Å²) in [4.78, 5) is 12.4. The van der Waals surface area contributed by atoms with E-state index >= 15 is 0 Å². The van der Waals surface area contributed by atoms with Crippen LogP contribution >= 0.6 is 11.8 Å². The summed E-state index contributed by atoms with van der Waals surface area (Å²) in [5.41, 5.74) is 5.87. The maximum atomic E-state index is 12.4. The van der Waals surface area contributed by atoms with Crippen LogP contribution in [0, 0.1) is 13.8 Å². The van der Waals surface area contributed by atoms with E-state index in [1.54, 1.807) is 0 Å². The highest BCUT2D eigenvalue weighted by molar-refractivity contribution is 7.99. The Morgan fingerprint density at radius 1 is 1.18 bits per heavy atom. The lowest BCUT2D eigenvalue weighted by Gasteiger charge is -2.26. The first-order chi connectivity index (χ1) is 13.6. The number of hydrogen-bond donors (Lipinski definition) is 1. The normalized spacial score (nSPS) is 15.9. The van der Waals surface area contributed by atoms with E-state index in [0.29, 0.717) is 11.1 Å². The summed E-state index contributed by atoms with van der Waals surface area (Å²) in [5.74, 6) is 0.720. The van der Waals surface area contributed by atoms with Gasteiger partial charge in [0.25, 0.3) is 5.22 Å². The molecule has 6 heteroatoms. The number of nitrogens with zero attached hydrogens (tertiary/aromatic N) is 2. The van der Waals surface area contributed by atoms with Gasteiger partial charge < -0.3 is 9.73 Å². The van der Waals surface area contributed by atoms with Gasteiger partial charge in [0.05, 0.1) is 11.8 Å². The molecule has 1 aromatic heterocycles. The zero-order valence-electron chi connectivity index (χ0n) is 16.1. The van der Waals surface area contributed by atoms with E-state index in [1.807, 2.05) is 24.3 Å². The van der Waals surface area contributed by atoms with E-state index in [2.05, 4.69) is 47.6 Å². The predicted octanol–water partition coefficient (Wildman–Crippen LogP) is 4.64. The van der Waals surface area contributed by atoms with E-state index < -0.39 is 0 Å². The van der Waals surface area contributed by atoms with Crippen molar-refractivity contribution in [3.63, 3.8) is 0 Å². The first-order valence-corrected chi connectivity index (χ1v) is 10.5. The molecule has 2 aromatic carbocycles. The number of fused-ring (bicyclic) bond motifs is 1. The molecule has 1 amide bonds. The van der Waals surface area contributed by atoms with Crippen LogP contribution in [0.5, 0.6) is 0 Å². The zero-order chi connectivity index (χ0) is 19.5. The summed E-state index contributed by atoms with van der Waals surface area (Å²) in [6.45, 7) is 4.12. The second-order valence-electron chi connectivity index (χ2n) is 7.17. The van der Waals surface area contributed by atoms with Gasteiger partial charge >= 0.3 is 0 Å². The lowest BCUT2D eigenvalue weighted by atomic mass is 9.88. The van der Waals surface area contributed by atoms with Crippen molar-refractivity contribution in [2.45, 2.75) is 44.4 Å². The van der Waals surface area contributed by atoms with Crippen LogP contribution in [-0.4, -0.2) is 21.9 Å².